The molecule has 0 radical (unpaired) electrons. The molecule has 2 N–H and O–H groups in total. The molecule has 0 aromatic heterocycles. The first kappa shape index (κ1) is 11.6. The molecule has 0 fully saturated rings. The second-order valence-electron chi connectivity index (χ2n) is 4.03. The lowest BCUT2D eigenvalue weighted by atomic mass is 9.94. The van der Waals surface area contributed by atoms with Gasteiger partial charge >= 0.3 is 5.97 Å². The van der Waals surface area contributed by atoms with Crippen LogP contribution in [0.3, 0.4) is 0 Å². The van der Waals surface area contributed by atoms with E-state index in [9.17, 15) is 9.90 Å². The Balaban J connectivity index is 3.13. The van der Waals surface area contributed by atoms with Gasteiger partial charge in [-0.2, -0.15) is 0 Å². The van der Waals surface area contributed by atoms with Crippen molar-refractivity contribution in [2.75, 3.05) is 0 Å². The summed E-state index contributed by atoms with van der Waals surface area (Å²) in [6, 6.07) is 4.98. The Morgan fingerprint density at radius 1 is 1.27 bits per heavy atom. The minimum atomic E-state index is -0.851. The summed E-state index contributed by atoms with van der Waals surface area (Å²) in [5.41, 5.74) is 1.52. The SMILES string of the molecule is CC(C)c1cc(C(C)C(=O)O)ccc1O. The van der Waals surface area contributed by atoms with E-state index in [-0.39, 0.29) is 11.7 Å². The van der Waals surface area contributed by atoms with Crippen LogP contribution in [0.2, 0.25) is 0 Å². The molecule has 0 bridgehead atoms. The molecule has 1 unspecified atom stereocenters. The van der Waals surface area contributed by atoms with Crippen molar-refractivity contribution >= 4 is 5.97 Å². The van der Waals surface area contributed by atoms with Crippen molar-refractivity contribution in [1.29, 1.82) is 0 Å². The average molecular weight is 208 g/mol. The number of rotatable bonds is 3. The fraction of sp³-hybridized carbons (Fsp3) is 0.417. The second kappa shape index (κ2) is 4.34. The Morgan fingerprint density at radius 3 is 2.33 bits per heavy atom. The van der Waals surface area contributed by atoms with E-state index in [1.807, 2.05) is 13.8 Å². The van der Waals surface area contributed by atoms with Crippen molar-refractivity contribution in [1.82, 2.24) is 0 Å². The van der Waals surface area contributed by atoms with E-state index in [2.05, 4.69) is 0 Å². The summed E-state index contributed by atoms with van der Waals surface area (Å²) in [6.45, 7) is 5.56. The summed E-state index contributed by atoms with van der Waals surface area (Å²) in [6.07, 6.45) is 0. The summed E-state index contributed by atoms with van der Waals surface area (Å²) in [5, 5.41) is 18.5. The van der Waals surface area contributed by atoms with E-state index in [4.69, 9.17) is 5.11 Å². The molecule has 0 saturated carbocycles. The molecular weight excluding hydrogens is 192 g/mol. The van der Waals surface area contributed by atoms with E-state index in [0.717, 1.165) is 11.1 Å². The zero-order chi connectivity index (χ0) is 11.6. The quantitative estimate of drug-likeness (QED) is 0.802. The molecule has 1 aromatic rings. The molecule has 0 aliphatic heterocycles. The fourth-order valence-electron chi connectivity index (χ4n) is 1.45. The van der Waals surface area contributed by atoms with Crippen LogP contribution in [0.15, 0.2) is 18.2 Å². The lowest BCUT2D eigenvalue weighted by molar-refractivity contribution is -0.138. The van der Waals surface area contributed by atoms with Crippen molar-refractivity contribution < 1.29 is 15.0 Å². The number of carboxylic acids is 1. The normalized spacial score (nSPS) is 12.8. The van der Waals surface area contributed by atoms with Gasteiger partial charge in [0.25, 0.3) is 0 Å². The number of phenolic OH excluding ortho intramolecular Hbond substituents is 1. The maximum atomic E-state index is 10.8. The van der Waals surface area contributed by atoms with Crippen molar-refractivity contribution in [3.05, 3.63) is 29.3 Å². The summed E-state index contributed by atoms with van der Waals surface area (Å²) in [7, 11) is 0. The van der Waals surface area contributed by atoms with Gasteiger partial charge in [-0.1, -0.05) is 26.0 Å². The molecule has 3 nitrogen and oxygen atoms in total. The van der Waals surface area contributed by atoms with Crippen molar-refractivity contribution in [2.45, 2.75) is 32.6 Å². The summed E-state index contributed by atoms with van der Waals surface area (Å²) in [5.74, 6) is -0.976. The predicted octanol–water partition coefficient (Wildman–Crippen LogP) is 2.70. The molecule has 0 aliphatic carbocycles. The van der Waals surface area contributed by atoms with Gasteiger partial charge in [-0.3, -0.25) is 4.79 Å². The average Bonchev–Trinajstić information content (AvgIpc) is 2.16. The number of hydrogen-bond donors (Lipinski definition) is 2. The Kier molecular flexibility index (Phi) is 3.35. The number of carbonyl (C=O) groups is 1. The van der Waals surface area contributed by atoms with Crippen molar-refractivity contribution in [2.24, 2.45) is 0 Å². The molecule has 15 heavy (non-hydrogen) atoms. The van der Waals surface area contributed by atoms with Gasteiger partial charge in [0, 0.05) is 0 Å². The van der Waals surface area contributed by atoms with Crippen LogP contribution in [0.5, 0.6) is 5.75 Å². The number of benzene rings is 1. The number of aromatic hydroxyl groups is 1. The first-order valence-corrected chi connectivity index (χ1v) is 4.99. The first-order chi connectivity index (χ1) is 6.93. The highest BCUT2D eigenvalue weighted by molar-refractivity contribution is 5.75. The molecule has 82 valence electrons. The van der Waals surface area contributed by atoms with Gasteiger partial charge in [0.15, 0.2) is 0 Å². The van der Waals surface area contributed by atoms with Crippen LogP contribution in [-0.4, -0.2) is 16.2 Å². The Bertz CT molecular complexity index is 369. The Labute approximate surface area is 89.4 Å². The highest BCUT2D eigenvalue weighted by atomic mass is 16.4. The Hall–Kier alpha value is -1.51. The Morgan fingerprint density at radius 2 is 1.87 bits per heavy atom. The maximum absolute atomic E-state index is 10.8. The molecule has 1 aromatic carbocycles. The van der Waals surface area contributed by atoms with E-state index in [1.165, 1.54) is 0 Å². The van der Waals surface area contributed by atoms with Gasteiger partial charge in [0.1, 0.15) is 5.75 Å². The van der Waals surface area contributed by atoms with Crippen LogP contribution in [0.4, 0.5) is 0 Å². The number of hydrogen-bond acceptors (Lipinski definition) is 2. The minimum Gasteiger partial charge on any atom is -0.508 e. The largest absolute Gasteiger partial charge is 0.508 e. The smallest absolute Gasteiger partial charge is 0.310 e. The molecule has 0 heterocycles. The van der Waals surface area contributed by atoms with Gasteiger partial charge in [0.2, 0.25) is 0 Å². The van der Waals surface area contributed by atoms with E-state index < -0.39 is 11.9 Å². The van der Waals surface area contributed by atoms with Crippen LogP contribution in [-0.2, 0) is 4.79 Å². The second-order valence-corrected chi connectivity index (χ2v) is 4.03. The van der Waals surface area contributed by atoms with Crippen LogP contribution in [0.25, 0.3) is 0 Å². The van der Waals surface area contributed by atoms with Crippen LogP contribution in [0, 0.1) is 0 Å². The summed E-state index contributed by atoms with van der Waals surface area (Å²) < 4.78 is 0. The molecule has 1 atom stereocenters. The minimum absolute atomic E-state index is 0.186. The molecule has 0 spiro atoms. The number of phenols is 1. The van der Waals surface area contributed by atoms with Crippen molar-refractivity contribution in [3.63, 3.8) is 0 Å². The van der Waals surface area contributed by atoms with Gasteiger partial charge in [-0.25, -0.2) is 0 Å². The molecule has 1 rings (SSSR count). The summed E-state index contributed by atoms with van der Waals surface area (Å²) in [4.78, 5) is 10.8. The first-order valence-electron chi connectivity index (χ1n) is 4.99. The monoisotopic (exact) mass is 208 g/mol. The van der Waals surface area contributed by atoms with E-state index >= 15 is 0 Å². The topological polar surface area (TPSA) is 57.5 Å². The lowest BCUT2D eigenvalue weighted by Gasteiger charge is -2.12. The van der Waals surface area contributed by atoms with Gasteiger partial charge in [-0.05, 0) is 30.0 Å². The van der Waals surface area contributed by atoms with Crippen LogP contribution in [0.1, 0.15) is 43.7 Å². The van der Waals surface area contributed by atoms with Crippen LogP contribution < -0.4 is 0 Å². The maximum Gasteiger partial charge on any atom is 0.310 e. The molecular formula is C12H16O3. The third-order valence-electron chi connectivity index (χ3n) is 2.54. The molecule has 3 heteroatoms. The zero-order valence-corrected chi connectivity index (χ0v) is 9.19. The van der Waals surface area contributed by atoms with E-state index in [0.29, 0.717) is 0 Å². The third kappa shape index (κ3) is 2.49. The third-order valence-corrected chi connectivity index (χ3v) is 2.54. The van der Waals surface area contributed by atoms with E-state index in [1.54, 1.807) is 25.1 Å². The summed E-state index contributed by atoms with van der Waals surface area (Å²) >= 11 is 0. The van der Waals surface area contributed by atoms with Gasteiger partial charge in [0.05, 0.1) is 5.92 Å². The zero-order valence-electron chi connectivity index (χ0n) is 9.19. The highest BCUT2D eigenvalue weighted by Gasteiger charge is 2.16. The predicted molar refractivity (Wildman–Crippen MR) is 58.2 cm³/mol. The number of carboxylic acid groups (broad SMARTS) is 1. The fourth-order valence-corrected chi connectivity index (χ4v) is 1.45. The highest BCUT2D eigenvalue weighted by Crippen LogP contribution is 2.29. The molecule has 0 saturated heterocycles. The molecule has 0 amide bonds. The van der Waals surface area contributed by atoms with Crippen LogP contribution >= 0.6 is 0 Å². The number of aliphatic carboxylic acids is 1. The standard InChI is InChI=1S/C12H16O3/c1-7(2)10-6-9(4-5-11(10)13)8(3)12(14)15/h4-8,13H,1-3H3,(H,14,15). The lowest BCUT2D eigenvalue weighted by Crippen LogP contribution is -2.07. The molecule has 0 aliphatic rings. The van der Waals surface area contributed by atoms with Gasteiger partial charge in [-0.15, -0.1) is 0 Å². The van der Waals surface area contributed by atoms with Crippen molar-refractivity contribution in [3.8, 4) is 5.75 Å². The van der Waals surface area contributed by atoms with Gasteiger partial charge < -0.3 is 10.2 Å².